The third kappa shape index (κ3) is 4.68. The molecular weight excluding hydrogens is 358 g/mol. The van der Waals surface area contributed by atoms with Crippen LogP contribution in [0, 0.1) is 34.5 Å². The summed E-state index contributed by atoms with van der Waals surface area (Å²) in [7, 11) is 0. The van der Waals surface area contributed by atoms with Crippen molar-refractivity contribution in [3.8, 4) is 0 Å². The molecular formula is C19H32F6O. The van der Waals surface area contributed by atoms with Crippen molar-refractivity contribution in [2.45, 2.75) is 85.7 Å². The SMILES string of the molecule is CC([C@@H]1CC(CC(C)(C)C)C(C(O)(C(F)(F)F)C(F)(F)F)C1)C(C)(C)C. The molecule has 26 heavy (non-hydrogen) atoms. The molecule has 4 atom stereocenters. The van der Waals surface area contributed by atoms with Gasteiger partial charge >= 0.3 is 12.4 Å². The minimum Gasteiger partial charge on any atom is -0.373 e. The molecule has 1 aliphatic rings. The quantitative estimate of drug-likeness (QED) is 0.538. The van der Waals surface area contributed by atoms with E-state index in [1.54, 1.807) is 20.8 Å². The second-order valence-corrected chi connectivity index (χ2v) is 10.3. The van der Waals surface area contributed by atoms with Crippen molar-refractivity contribution in [2.24, 2.45) is 34.5 Å². The molecule has 0 radical (unpaired) electrons. The average Bonchev–Trinajstić information content (AvgIpc) is 2.74. The summed E-state index contributed by atoms with van der Waals surface area (Å²) in [4.78, 5) is 0. The largest absolute Gasteiger partial charge is 0.426 e. The zero-order chi connectivity index (χ0) is 20.9. The van der Waals surface area contributed by atoms with E-state index in [1.165, 1.54) is 0 Å². The van der Waals surface area contributed by atoms with Gasteiger partial charge in [-0.1, -0.05) is 48.5 Å². The summed E-state index contributed by atoms with van der Waals surface area (Å²) in [6.07, 6.45) is -11.3. The van der Waals surface area contributed by atoms with Gasteiger partial charge in [0, 0.05) is 5.92 Å². The van der Waals surface area contributed by atoms with Gasteiger partial charge in [0.25, 0.3) is 5.60 Å². The van der Waals surface area contributed by atoms with Crippen molar-refractivity contribution in [1.82, 2.24) is 0 Å². The Morgan fingerprint density at radius 2 is 1.27 bits per heavy atom. The van der Waals surface area contributed by atoms with Crippen LogP contribution in [0.4, 0.5) is 26.3 Å². The highest BCUT2D eigenvalue weighted by Crippen LogP contribution is 2.59. The van der Waals surface area contributed by atoms with Crippen LogP contribution in [0.1, 0.15) is 67.7 Å². The maximum atomic E-state index is 13.5. The molecule has 0 aliphatic heterocycles. The van der Waals surface area contributed by atoms with Crippen LogP contribution in [-0.2, 0) is 0 Å². The van der Waals surface area contributed by atoms with Gasteiger partial charge in [-0.2, -0.15) is 26.3 Å². The van der Waals surface area contributed by atoms with Crippen LogP contribution in [-0.4, -0.2) is 23.1 Å². The number of alkyl halides is 6. The van der Waals surface area contributed by atoms with Crippen molar-refractivity contribution in [1.29, 1.82) is 0 Å². The van der Waals surface area contributed by atoms with Crippen molar-refractivity contribution in [3.05, 3.63) is 0 Å². The fourth-order valence-electron chi connectivity index (χ4n) is 4.39. The summed E-state index contributed by atoms with van der Waals surface area (Å²) < 4.78 is 80.7. The molecule has 0 aromatic rings. The Kier molecular flexibility index (Phi) is 6.22. The Morgan fingerprint density at radius 1 is 0.846 bits per heavy atom. The molecule has 0 amide bonds. The van der Waals surface area contributed by atoms with Crippen molar-refractivity contribution in [2.75, 3.05) is 0 Å². The fraction of sp³-hybridized carbons (Fsp3) is 1.00. The van der Waals surface area contributed by atoms with Crippen molar-refractivity contribution >= 4 is 0 Å². The van der Waals surface area contributed by atoms with Crippen LogP contribution in [0.2, 0.25) is 0 Å². The van der Waals surface area contributed by atoms with E-state index in [0.717, 1.165) is 0 Å². The summed E-state index contributed by atoms with van der Waals surface area (Å²) in [6.45, 7) is 13.1. The molecule has 1 N–H and O–H groups in total. The molecule has 1 nitrogen and oxygen atoms in total. The first-order valence-corrected chi connectivity index (χ1v) is 9.07. The van der Waals surface area contributed by atoms with Gasteiger partial charge in [-0.3, -0.25) is 0 Å². The van der Waals surface area contributed by atoms with Crippen LogP contribution >= 0.6 is 0 Å². The topological polar surface area (TPSA) is 20.2 Å². The molecule has 1 aliphatic carbocycles. The van der Waals surface area contributed by atoms with Gasteiger partial charge in [0.2, 0.25) is 0 Å². The van der Waals surface area contributed by atoms with E-state index in [0.29, 0.717) is 0 Å². The van der Waals surface area contributed by atoms with E-state index in [9.17, 15) is 31.4 Å². The molecule has 0 spiro atoms. The minimum absolute atomic E-state index is 0.0549. The number of rotatable bonds is 3. The van der Waals surface area contributed by atoms with Crippen LogP contribution in [0.25, 0.3) is 0 Å². The molecule has 3 unspecified atom stereocenters. The van der Waals surface area contributed by atoms with Gasteiger partial charge in [0.05, 0.1) is 0 Å². The van der Waals surface area contributed by atoms with E-state index in [4.69, 9.17) is 0 Å². The Hall–Kier alpha value is -0.460. The number of hydrogen-bond acceptors (Lipinski definition) is 1. The average molecular weight is 390 g/mol. The van der Waals surface area contributed by atoms with E-state index in [-0.39, 0.29) is 36.5 Å². The van der Waals surface area contributed by atoms with Gasteiger partial charge < -0.3 is 5.11 Å². The minimum atomic E-state index is -5.76. The lowest BCUT2D eigenvalue weighted by Crippen LogP contribution is -2.62. The van der Waals surface area contributed by atoms with E-state index < -0.39 is 35.2 Å². The Labute approximate surface area is 152 Å². The van der Waals surface area contributed by atoms with Crippen LogP contribution in [0.3, 0.4) is 0 Å². The molecule has 0 aromatic carbocycles. The normalized spacial score (nSPS) is 27.7. The molecule has 0 bridgehead atoms. The van der Waals surface area contributed by atoms with Gasteiger partial charge in [0.15, 0.2) is 0 Å². The number of hydrogen-bond donors (Lipinski definition) is 1. The zero-order valence-electron chi connectivity index (χ0n) is 16.6. The molecule has 0 saturated heterocycles. The molecule has 0 aromatic heterocycles. The summed E-state index contributed by atoms with van der Waals surface area (Å²) in [5.41, 5.74) is -5.33. The maximum absolute atomic E-state index is 13.5. The van der Waals surface area contributed by atoms with E-state index in [2.05, 4.69) is 0 Å². The highest BCUT2D eigenvalue weighted by atomic mass is 19.4. The molecule has 1 fully saturated rings. The van der Waals surface area contributed by atoms with Gasteiger partial charge in [0.1, 0.15) is 0 Å². The lowest BCUT2D eigenvalue weighted by molar-refractivity contribution is -0.388. The third-order valence-corrected chi connectivity index (χ3v) is 6.08. The lowest BCUT2D eigenvalue weighted by Gasteiger charge is -2.41. The third-order valence-electron chi connectivity index (χ3n) is 6.08. The first-order valence-electron chi connectivity index (χ1n) is 9.07. The highest BCUT2D eigenvalue weighted by molar-refractivity contribution is 5.06. The van der Waals surface area contributed by atoms with Crippen molar-refractivity contribution in [3.63, 3.8) is 0 Å². The fourth-order valence-corrected chi connectivity index (χ4v) is 4.39. The molecule has 1 rings (SSSR count). The van der Waals surface area contributed by atoms with E-state index >= 15 is 0 Å². The van der Waals surface area contributed by atoms with Gasteiger partial charge in [-0.15, -0.1) is 0 Å². The summed E-state index contributed by atoms with van der Waals surface area (Å²) >= 11 is 0. The Bertz CT molecular complexity index is 466. The number of halogens is 6. The Morgan fingerprint density at radius 3 is 1.58 bits per heavy atom. The predicted octanol–water partition coefficient (Wildman–Crippen LogP) is 6.60. The van der Waals surface area contributed by atoms with Crippen molar-refractivity contribution < 1.29 is 31.4 Å². The summed E-state index contributed by atoms with van der Waals surface area (Å²) in [6, 6.07) is 0. The smallest absolute Gasteiger partial charge is 0.373 e. The predicted molar refractivity (Wildman–Crippen MR) is 89.5 cm³/mol. The molecule has 0 heterocycles. The van der Waals surface area contributed by atoms with Crippen LogP contribution in [0.5, 0.6) is 0 Å². The first-order chi connectivity index (χ1) is 11.2. The first kappa shape index (κ1) is 23.6. The van der Waals surface area contributed by atoms with Gasteiger partial charge in [-0.05, 0) is 47.8 Å². The van der Waals surface area contributed by atoms with Crippen LogP contribution < -0.4 is 0 Å². The second-order valence-electron chi connectivity index (χ2n) is 10.3. The molecule has 156 valence electrons. The monoisotopic (exact) mass is 390 g/mol. The van der Waals surface area contributed by atoms with E-state index in [1.807, 2.05) is 27.7 Å². The highest BCUT2D eigenvalue weighted by Gasteiger charge is 2.75. The standard InChI is InChI=1S/C19H32F6O/c1-11(16(5,6)7)12-8-13(10-15(2,3)4)14(9-12)17(26,18(20,21)22)19(23,24)25/h11-14,26H,8-10H2,1-7H3/t11?,12-,13?,14?/m1/s1. The summed E-state index contributed by atoms with van der Waals surface area (Å²) in [5.74, 6) is -3.06. The van der Waals surface area contributed by atoms with Crippen LogP contribution in [0.15, 0.2) is 0 Å². The summed E-state index contributed by atoms with van der Waals surface area (Å²) in [5, 5.41) is 10.0. The lowest BCUT2D eigenvalue weighted by atomic mass is 9.72. The Balaban J connectivity index is 3.37. The van der Waals surface area contributed by atoms with Gasteiger partial charge in [-0.25, -0.2) is 0 Å². The maximum Gasteiger partial charge on any atom is 0.426 e. The molecule has 7 heteroatoms. The second kappa shape index (κ2) is 6.85. The number of aliphatic hydroxyl groups is 1. The zero-order valence-corrected chi connectivity index (χ0v) is 16.6. The molecule has 1 saturated carbocycles.